The first-order chi connectivity index (χ1) is 5.86. The van der Waals surface area contributed by atoms with Crippen LogP contribution in [0.15, 0.2) is 4.99 Å². The van der Waals surface area contributed by atoms with E-state index in [9.17, 15) is 0 Å². The number of guanidine groups is 1. The minimum atomic E-state index is 0.374. The molecule has 0 saturated heterocycles. The van der Waals surface area contributed by atoms with Crippen LogP contribution in [0.1, 0.15) is 19.8 Å². The Labute approximate surface area is 73.6 Å². The van der Waals surface area contributed by atoms with Crippen molar-refractivity contribution in [2.75, 3.05) is 19.6 Å². The summed E-state index contributed by atoms with van der Waals surface area (Å²) in [5, 5.41) is 6.44. The van der Waals surface area contributed by atoms with Crippen molar-refractivity contribution in [2.24, 2.45) is 10.7 Å². The van der Waals surface area contributed by atoms with E-state index >= 15 is 0 Å². The molecule has 0 aliphatic carbocycles. The van der Waals surface area contributed by atoms with E-state index in [1.165, 1.54) is 0 Å². The quantitative estimate of drug-likeness (QED) is 0.541. The minimum Gasteiger partial charge on any atom is -0.355 e. The number of rotatable bonds is 4. The summed E-state index contributed by atoms with van der Waals surface area (Å²) in [6, 6.07) is 0.374. The molecule has 0 aromatic heterocycles. The highest BCUT2D eigenvalue weighted by Crippen LogP contribution is 1.95. The summed E-state index contributed by atoms with van der Waals surface area (Å²) in [6.07, 6.45) is 2.26. The van der Waals surface area contributed by atoms with Crippen LogP contribution in [0.25, 0.3) is 0 Å². The lowest BCUT2D eigenvalue weighted by Gasteiger charge is -2.16. The molecule has 0 aromatic carbocycles. The maximum atomic E-state index is 5.59. The van der Waals surface area contributed by atoms with Crippen LogP contribution < -0.4 is 16.4 Å². The van der Waals surface area contributed by atoms with Gasteiger partial charge >= 0.3 is 0 Å². The van der Waals surface area contributed by atoms with Gasteiger partial charge in [-0.3, -0.25) is 4.99 Å². The van der Waals surface area contributed by atoms with Crippen LogP contribution in [0, 0.1) is 0 Å². The third-order valence-electron chi connectivity index (χ3n) is 1.94. The van der Waals surface area contributed by atoms with Gasteiger partial charge in [0.15, 0.2) is 5.96 Å². The number of nitrogens with two attached hydrogens (primary N) is 1. The molecule has 4 heteroatoms. The van der Waals surface area contributed by atoms with E-state index in [-0.39, 0.29) is 0 Å². The first-order valence-electron chi connectivity index (χ1n) is 4.61. The predicted octanol–water partition coefficient (Wildman–Crippen LogP) is -0.337. The normalized spacial score (nSPS) is 18.3. The lowest BCUT2D eigenvalue weighted by atomic mass is 10.2. The number of nitrogens with one attached hydrogen (secondary N) is 2. The van der Waals surface area contributed by atoms with Crippen LogP contribution in [-0.4, -0.2) is 31.6 Å². The molecular weight excluding hydrogens is 152 g/mol. The molecule has 12 heavy (non-hydrogen) atoms. The molecule has 0 radical (unpaired) electrons. The van der Waals surface area contributed by atoms with Gasteiger partial charge in [0.1, 0.15) is 0 Å². The monoisotopic (exact) mass is 170 g/mol. The molecular formula is C8H18N4. The third kappa shape index (κ3) is 2.70. The van der Waals surface area contributed by atoms with Crippen molar-refractivity contribution in [1.82, 2.24) is 10.6 Å². The van der Waals surface area contributed by atoms with E-state index in [1.807, 2.05) is 0 Å². The molecule has 0 fully saturated rings. The SMILES string of the molecule is CCCC(CN)NC1=NCCN1. The second-order valence-electron chi connectivity index (χ2n) is 3.02. The van der Waals surface area contributed by atoms with Crippen molar-refractivity contribution in [3.8, 4) is 0 Å². The van der Waals surface area contributed by atoms with Gasteiger partial charge in [0, 0.05) is 19.1 Å². The van der Waals surface area contributed by atoms with E-state index in [2.05, 4.69) is 22.5 Å². The number of nitrogens with zero attached hydrogens (tertiary/aromatic N) is 1. The average molecular weight is 170 g/mol. The van der Waals surface area contributed by atoms with Gasteiger partial charge in [0.2, 0.25) is 0 Å². The fraction of sp³-hybridized carbons (Fsp3) is 0.875. The molecule has 1 rings (SSSR count). The van der Waals surface area contributed by atoms with Gasteiger partial charge in [-0.25, -0.2) is 0 Å². The first-order valence-corrected chi connectivity index (χ1v) is 4.61. The Bertz CT molecular complexity index is 155. The summed E-state index contributed by atoms with van der Waals surface area (Å²) in [5.41, 5.74) is 5.59. The Kier molecular flexibility index (Phi) is 3.87. The third-order valence-corrected chi connectivity index (χ3v) is 1.94. The molecule has 0 aromatic rings. The molecule has 1 heterocycles. The zero-order valence-corrected chi connectivity index (χ0v) is 7.64. The summed E-state index contributed by atoms with van der Waals surface area (Å²) >= 11 is 0. The van der Waals surface area contributed by atoms with Crippen molar-refractivity contribution in [2.45, 2.75) is 25.8 Å². The lowest BCUT2D eigenvalue weighted by Crippen LogP contribution is -2.44. The van der Waals surface area contributed by atoms with Crippen LogP contribution in [-0.2, 0) is 0 Å². The molecule has 0 saturated carbocycles. The Hall–Kier alpha value is -0.770. The first kappa shape index (κ1) is 9.32. The van der Waals surface area contributed by atoms with E-state index in [4.69, 9.17) is 5.73 Å². The molecule has 4 N–H and O–H groups in total. The smallest absolute Gasteiger partial charge is 0.191 e. The summed E-state index contributed by atoms with van der Waals surface area (Å²) in [7, 11) is 0. The standard InChI is InChI=1S/C8H18N4/c1-2-3-7(6-9)12-8-10-4-5-11-8/h7H,2-6,9H2,1H3,(H2,10,11,12). The minimum absolute atomic E-state index is 0.374. The Balaban J connectivity index is 2.25. The number of hydrogen-bond donors (Lipinski definition) is 3. The van der Waals surface area contributed by atoms with E-state index in [0.29, 0.717) is 12.6 Å². The molecule has 1 aliphatic rings. The average Bonchev–Trinajstić information content (AvgIpc) is 2.56. The van der Waals surface area contributed by atoms with Gasteiger partial charge in [-0.15, -0.1) is 0 Å². The highest BCUT2D eigenvalue weighted by atomic mass is 15.2. The topological polar surface area (TPSA) is 62.4 Å². The predicted molar refractivity (Wildman–Crippen MR) is 51.2 cm³/mol. The summed E-state index contributed by atoms with van der Waals surface area (Å²) in [4.78, 5) is 4.24. The number of hydrogen-bond acceptors (Lipinski definition) is 4. The summed E-state index contributed by atoms with van der Waals surface area (Å²) in [5.74, 6) is 0.916. The molecule has 0 spiro atoms. The van der Waals surface area contributed by atoms with Crippen LogP contribution in [0.2, 0.25) is 0 Å². The molecule has 1 aliphatic heterocycles. The molecule has 1 atom stereocenters. The van der Waals surface area contributed by atoms with Crippen LogP contribution in [0.3, 0.4) is 0 Å². The Morgan fingerprint density at radius 2 is 2.58 bits per heavy atom. The highest BCUT2D eigenvalue weighted by molar-refractivity contribution is 5.81. The van der Waals surface area contributed by atoms with E-state index < -0.39 is 0 Å². The van der Waals surface area contributed by atoms with E-state index in [0.717, 1.165) is 31.9 Å². The molecule has 1 unspecified atom stereocenters. The van der Waals surface area contributed by atoms with Crippen LogP contribution in [0.4, 0.5) is 0 Å². The maximum Gasteiger partial charge on any atom is 0.191 e. The molecule has 70 valence electrons. The Morgan fingerprint density at radius 1 is 1.75 bits per heavy atom. The second-order valence-corrected chi connectivity index (χ2v) is 3.02. The maximum absolute atomic E-state index is 5.59. The van der Waals surface area contributed by atoms with Gasteiger partial charge in [-0.05, 0) is 6.42 Å². The second kappa shape index (κ2) is 4.98. The molecule has 0 bridgehead atoms. The number of aliphatic imine (C=N–C) groups is 1. The van der Waals surface area contributed by atoms with Gasteiger partial charge in [0.05, 0.1) is 6.54 Å². The van der Waals surface area contributed by atoms with Crippen LogP contribution in [0.5, 0.6) is 0 Å². The van der Waals surface area contributed by atoms with Gasteiger partial charge < -0.3 is 16.4 Å². The van der Waals surface area contributed by atoms with Crippen LogP contribution >= 0.6 is 0 Å². The van der Waals surface area contributed by atoms with Crippen molar-refractivity contribution in [1.29, 1.82) is 0 Å². The zero-order valence-electron chi connectivity index (χ0n) is 7.64. The highest BCUT2D eigenvalue weighted by Gasteiger charge is 2.09. The summed E-state index contributed by atoms with van der Waals surface area (Å²) < 4.78 is 0. The Morgan fingerprint density at radius 3 is 3.08 bits per heavy atom. The summed E-state index contributed by atoms with van der Waals surface area (Å²) in [6.45, 7) is 4.67. The fourth-order valence-corrected chi connectivity index (χ4v) is 1.29. The van der Waals surface area contributed by atoms with Crippen molar-refractivity contribution >= 4 is 5.96 Å². The molecule has 4 nitrogen and oxygen atoms in total. The zero-order chi connectivity index (χ0) is 8.81. The van der Waals surface area contributed by atoms with Gasteiger partial charge in [-0.2, -0.15) is 0 Å². The van der Waals surface area contributed by atoms with Gasteiger partial charge in [-0.1, -0.05) is 13.3 Å². The van der Waals surface area contributed by atoms with Gasteiger partial charge in [0.25, 0.3) is 0 Å². The van der Waals surface area contributed by atoms with E-state index in [1.54, 1.807) is 0 Å². The van der Waals surface area contributed by atoms with Crippen molar-refractivity contribution in [3.05, 3.63) is 0 Å². The molecule has 0 amide bonds. The van der Waals surface area contributed by atoms with Crippen molar-refractivity contribution < 1.29 is 0 Å². The lowest BCUT2D eigenvalue weighted by molar-refractivity contribution is 0.555. The largest absolute Gasteiger partial charge is 0.355 e. The fourth-order valence-electron chi connectivity index (χ4n) is 1.29. The van der Waals surface area contributed by atoms with Crippen molar-refractivity contribution in [3.63, 3.8) is 0 Å².